The van der Waals surface area contributed by atoms with Crippen LogP contribution in [0.15, 0.2) is 48.5 Å². The average Bonchev–Trinajstić information content (AvgIpc) is 2.57. The highest BCUT2D eigenvalue weighted by Gasteiger charge is 2.17. The first-order chi connectivity index (χ1) is 10.8. The van der Waals surface area contributed by atoms with Crippen LogP contribution >= 0.6 is 36.4 Å². The molecule has 1 aliphatic rings. The van der Waals surface area contributed by atoms with Crippen LogP contribution in [0.5, 0.6) is 0 Å². The third-order valence-corrected chi connectivity index (χ3v) is 3.99. The summed E-state index contributed by atoms with van der Waals surface area (Å²) < 4.78 is 0. The van der Waals surface area contributed by atoms with Gasteiger partial charge in [0.05, 0.1) is 0 Å². The van der Waals surface area contributed by atoms with Crippen molar-refractivity contribution in [3.05, 3.63) is 59.3 Å². The third kappa shape index (κ3) is 5.95. The summed E-state index contributed by atoms with van der Waals surface area (Å²) in [6, 6.07) is 14.1. The molecule has 0 saturated carbocycles. The Balaban J connectivity index is 0.00000144. The predicted molar refractivity (Wildman–Crippen MR) is 106 cm³/mol. The highest BCUT2D eigenvalue weighted by molar-refractivity contribution is 6.29. The first-order valence-corrected chi connectivity index (χ1v) is 7.87. The topological polar surface area (TPSA) is 32.3 Å². The van der Waals surface area contributed by atoms with Crippen LogP contribution in [0.25, 0.3) is 6.08 Å². The normalized spacial score (nSPS) is 15.0. The minimum absolute atomic E-state index is 0. The van der Waals surface area contributed by atoms with Crippen LogP contribution in [0.4, 0.5) is 5.82 Å². The zero-order valence-electron chi connectivity index (χ0n) is 13.2. The fourth-order valence-electron chi connectivity index (χ4n) is 2.54. The molecule has 0 bridgehead atoms. The smallest absolute Gasteiger partial charge is 0.151 e. The van der Waals surface area contributed by atoms with Crippen molar-refractivity contribution in [3.63, 3.8) is 0 Å². The molecule has 1 saturated heterocycles. The Morgan fingerprint density at radius 2 is 1.62 bits per heavy atom. The zero-order chi connectivity index (χ0) is 15.2. The van der Waals surface area contributed by atoms with Gasteiger partial charge < -0.3 is 4.90 Å². The summed E-state index contributed by atoms with van der Waals surface area (Å²) in [5.74, 6) is 0.906. The van der Waals surface area contributed by atoms with Gasteiger partial charge in [-0.15, -0.1) is 35.0 Å². The standard InChI is InChI=1S/C17H19ClN4.2ClH/c18-16-8-9-17(20-19-16)22-13-11-21(12-14-22)10-4-7-15-5-2-1-3-6-15;;/h1-9H,10-14H2;2*1H/b7-4+;;. The molecule has 0 N–H and O–H groups in total. The van der Waals surface area contributed by atoms with Crippen molar-refractivity contribution in [1.29, 1.82) is 0 Å². The molecule has 0 aliphatic carbocycles. The monoisotopic (exact) mass is 386 g/mol. The number of anilines is 1. The molecule has 130 valence electrons. The third-order valence-electron chi connectivity index (χ3n) is 3.79. The van der Waals surface area contributed by atoms with E-state index in [0.29, 0.717) is 5.15 Å². The number of nitrogens with zero attached hydrogens (tertiary/aromatic N) is 4. The van der Waals surface area contributed by atoms with Crippen LogP contribution in [0.3, 0.4) is 0 Å². The quantitative estimate of drug-likeness (QED) is 0.798. The van der Waals surface area contributed by atoms with Crippen molar-refractivity contribution in [2.24, 2.45) is 0 Å². The van der Waals surface area contributed by atoms with Gasteiger partial charge >= 0.3 is 0 Å². The molecule has 0 radical (unpaired) electrons. The first-order valence-electron chi connectivity index (χ1n) is 7.49. The van der Waals surface area contributed by atoms with E-state index in [1.54, 1.807) is 6.07 Å². The molecule has 0 atom stereocenters. The molecular weight excluding hydrogens is 367 g/mol. The lowest BCUT2D eigenvalue weighted by Crippen LogP contribution is -2.46. The molecule has 1 aromatic carbocycles. The summed E-state index contributed by atoms with van der Waals surface area (Å²) in [6.45, 7) is 4.98. The molecule has 2 heterocycles. The van der Waals surface area contributed by atoms with Crippen LogP contribution in [0, 0.1) is 0 Å². The number of rotatable bonds is 4. The highest BCUT2D eigenvalue weighted by atomic mass is 35.5. The van der Waals surface area contributed by atoms with Gasteiger partial charge in [0.25, 0.3) is 0 Å². The van der Waals surface area contributed by atoms with Gasteiger partial charge in [-0.2, -0.15) is 0 Å². The Morgan fingerprint density at radius 3 is 2.25 bits per heavy atom. The molecule has 1 aliphatic heterocycles. The SMILES string of the molecule is Cl.Cl.Clc1ccc(N2CCN(C/C=C/c3ccccc3)CC2)nn1. The summed E-state index contributed by atoms with van der Waals surface area (Å²) in [5, 5.41) is 8.48. The van der Waals surface area contributed by atoms with Crippen LogP contribution in [0.1, 0.15) is 5.56 Å². The molecule has 1 aromatic heterocycles. The minimum Gasteiger partial charge on any atom is -0.353 e. The van der Waals surface area contributed by atoms with E-state index in [1.165, 1.54) is 5.56 Å². The van der Waals surface area contributed by atoms with E-state index in [0.717, 1.165) is 38.5 Å². The van der Waals surface area contributed by atoms with Crippen molar-refractivity contribution in [2.45, 2.75) is 0 Å². The molecule has 1 fully saturated rings. The van der Waals surface area contributed by atoms with Gasteiger partial charge in [0, 0.05) is 32.7 Å². The Labute approximate surface area is 160 Å². The molecular formula is C17H21Cl3N4. The fourth-order valence-corrected chi connectivity index (χ4v) is 2.64. The van der Waals surface area contributed by atoms with Crippen LogP contribution in [-0.2, 0) is 0 Å². The Bertz CT molecular complexity index is 611. The van der Waals surface area contributed by atoms with Gasteiger partial charge in [-0.25, -0.2) is 0 Å². The summed E-state index contributed by atoms with van der Waals surface area (Å²) in [6.07, 6.45) is 4.41. The molecule has 24 heavy (non-hydrogen) atoms. The number of benzene rings is 1. The minimum atomic E-state index is 0. The van der Waals surface area contributed by atoms with Gasteiger partial charge in [-0.3, -0.25) is 4.90 Å². The number of halogens is 3. The number of hydrogen-bond donors (Lipinski definition) is 0. The molecule has 0 spiro atoms. The summed E-state index contributed by atoms with van der Waals surface area (Å²) in [4.78, 5) is 4.69. The number of piperazine rings is 1. The van der Waals surface area contributed by atoms with Crippen molar-refractivity contribution in [3.8, 4) is 0 Å². The summed E-state index contributed by atoms with van der Waals surface area (Å²) >= 11 is 5.77. The van der Waals surface area contributed by atoms with Crippen molar-refractivity contribution in [1.82, 2.24) is 15.1 Å². The van der Waals surface area contributed by atoms with E-state index in [2.05, 4.69) is 56.4 Å². The molecule has 4 nitrogen and oxygen atoms in total. The van der Waals surface area contributed by atoms with Gasteiger partial charge in [0.1, 0.15) is 0 Å². The van der Waals surface area contributed by atoms with Crippen molar-refractivity contribution >= 4 is 48.3 Å². The highest BCUT2D eigenvalue weighted by Crippen LogP contribution is 2.14. The molecule has 3 rings (SSSR count). The lowest BCUT2D eigenvalue weighted by Gasteiger charge is -2.34. The molecule has 0 amide bonds. The van der Waals surface area contributed by atoms with Gasteiger partial charge in [-0.05, 0) is 17.7 Å². The Morgan fingerprint density at radius 1 is 0.917 bits per heavy atom. The van der Waals surface area contributed by atoms with Crippen molar-refractivity contribution < 1.29 is 0 Å². The molecule has 0 unspecified atom stereocenters. The maximum atomic E-state index is 5.77. The second-order valence-electron chi connectivity index (χ2n) is 5.31. The lowest BCUT2D eigenvalue weighted by molar-refractivity contribution is 0.283. The van der Waals surface area contributed by atoms with E-state index >= 15 is 0 Å². The summed E-state index contributed by atoms with van der Waals surface area (Å²) in [5.41, 5.74) is 1.25. The van der Waals surface area contributed by atoms with Crippen LogP contribution < -0.4 is 4.90 Å². The van der Waals surface area contributed by atoms with Gasteiger partial charge in [0.2, 0.25) is 0 Å². The van der Waals surface area contributed by atoms with Crippen molar-refractivity contribution in [2.75, 3.05) is 37.6 Å². The molecule has 7 heteroatoms. The van der Waals surface area contributed by atoms with Gasteiger partial charge in [-0.1, -0.05) is 54.1 Å². The second-order valence-corrected chi connectivity index (χ2v) is 5.70. The lowest BCUT2D eigenvalue weighted by atomic mass is 10.2. The van der Waals surface area contributed by atoms with Crippen LogP contribution in [-0.4, -0.2) is 47.8 Å². The largest absolute Gasteiger partial charge is 0.353 e. The fraction of sp³-hybridized carbons (Fsp3) is 0.294. The Kier molecular flexibility index (Phi) is 9.08. The zero-order valence-corrected chi connectivity index (χ0v) is 15.6. The number of aromatic nitrogens is 2. The maximum Gasteiger partial charge on any atom is 0.151 e. The second kappa shape index (κ2) is 10.5. The van der Waals surface area contributed by atoms with Gasteiger partial charge in [0.15, 0.2) is 11.0 Å². The first kappa shape index (κ1) is 20.7. The predicted octanol–water partition coefficient (Wildman–Crippen LogP) is 3.81. The maximum absolute atomic E-state index is 5.77. The molecule has 2 aromatic rings. The van der Waals surface area contributed by atoms with E-state index in [9.17, 15) is 0 Å². The van der Waals surface area contributed by atoms with E-state index < -0.39 is 0 Å². The van der Waals surface area contributed by atoms with E-state index in [4.69, 9.17) is 11.6 Å². The van der Waals surface area contributed by atoms with E-state index in [-0.39, 0.29) is 24.8 Å². The number of hydrogen-bond acceptors (Lipinski definition) is 4. The Hall–Kier alpha value is -1.33. The average molecular weight is 388 g/mol. The van der Waals surface area contributed by atoms with E-state index in [1.807, 2.05) is 12.1 Å². The summed E-state index contributed by atoms with van der Waals surface area (Å²) in [7, 11) is 0. The van der Waals surface area contributed by atoms with Crippen LogP contribution in [0.2, 0.25) is 5.15 Å².